The number of imidazole rings is 1. The topological polar surface area (TPSA) is 69.2 Å². The van der Waals surface area contributed by atoms with E-state index >= 15 is 0 Å². The van der Waals surface area contributed by atoms with E-state index in [4.69, 9.17) is 0 Å². The van der Waals surface area contributed by atoms with Crippen LogP contribution in [-0.2, 0) is 17.6 Å². The maximum absolute atomic E-state index is 12.5. The zero-order valence-electron chi connectivity index (χ0n) is 19.8. The van der Waals surface area contributed by atoms with E-state index in [9.17, 15) is 9.90 Å². The molecule has 1 heterocycles. The molecular formula is C30H29N3O2. The Kier molecular flexibility index (Phi) is 6.49. The van der Waals surface area contributed by atoms with Crippen LogP contribution in [0.1, 0.15) is 18.2 Å². The Bertz CT molecular complexity index is 1440. The monoisotopic (exact) mass is 463 g/mol. The van der Waals surface area contributed by atoms with Crippen LogP contribution in [0.2, 0.25) is 0 Å². The van der Waals surface area contributed by atoms with Crippen LogP contribution in [0.15, 0.2) is 97.5 Å². The molecule has 0 fully saturated rings. The van der Waals surface area contributed by atoms with Gasteiger partial charge in [0, 0.05) is 30.5 Å². The van der Waals surface area contributed by atoms with Gasteiger partial charge in [-0.05, 0) is 51.6 Å². The number of fused-ring (bicyclic) bond motifs is 2. The maximum atomic E-state index is 12.5. The van der Waals surface area contributed by atoms with Crippen molar-refractivity contribution >= 4 is 33.2 Å². The lowest BCUT2D eigenvalue weighted by Crippen LogP contribution is -2.45. The summed E-state index contributed by atoms with van der Waals surface area (Å²) in [6, 6.07) is 28.5. The quantitative estimate of drug-likeness (QED) is 0.277. The molecule has 0 saturated carbocycles. The maximum Gasteiger partial charge on any atom is 0.326 e. The number of aliphatic carboxylic acids is 1. The van der Waals surface area contributed by atoms with Crippen LogP contribution < -0.4 is 4.90 Å². The SMILES string of the molecule is CC(Cc1cccc2ccccc12)CN(c1ccc2ccccc2c1)[C@@H](Cc1cnc[nH]1)C(=O)O. The molecule has 0 spiro atoms. The van der Waals surface area contributed by atoms with E-state index < -0.39 is 12.0 Å². The molecule has 0 amide bonds. The molecule has 5 nitrogen and oxygen atoms in total. The van der Waals surface area contributed by atoms with Crippen molar-refractivity contribution in [2.45, 2.75) is 25.8 Å². The molecule has 0 aliphatic rings. The second kappa shape index (κ2) is 10.0. The zero-order valence-corrected chi connectivity index (χ0v) is 19.8. The average molecular weight is 464 g/mol. The number of nitrogens with zero attached hydrogens (tertiary/aromatic N) is 2. The first kappa shape index (κ1) is 22.7. The molecule has 0 saturated heterocycles. The van der Waals surface area contributed by atoms with Gasteiger partial charge in [-0.15, -0.1) is 0 Å². The Morgan fingerprint density at radius 1 is 0.914 bits per heavy atom. The van der Waals surface area contributed by atoms with Gasteiger partial charge in [0.05, 0.1) is 6.33 Å². The van der Waals surface area contributed by atoms with Gasteiger partial charge in [-0.25, -0.2) is 9.78 Å². The lowest BCUT2D eigenvalue weighted by atomic mass is 9.94. The molecule has 176 valence electrons. The minimum absolute atomic E-state index is 0.232. The molecule has 5 heteroatoms. The lowest BCUT2D eigenvalue weighted by Gasteiger charge is -2.33. The smallest absolute Gasteiger partial charge is 0.326 e. The molecule has 2 atom stereocenters. The number of anilines is 1. The number of carboxylic acids is 1. The number of aromatic amines is 1. The highest BCUT2D eigenvalue weighted by molar-refractivity contribution is 5.88. The second-order valence-electron chi connectivity index (χ2n) is 9.27. The lowest BCUT2D eigenvalue weighted by molar-refractivity contribution is -0.138. The van der Waals surface area contributed by atoms with Crippen molar-refractivity contribution in [2.75, 3.05) is 11.4 Å². The number of hydrogen-bond donors (Lipinski definition) is 2. The van der Waals surface area contributed by atoms with Gasteiger partial charge in [-0.3, -0.25) is 0 Å². The van der Waals surface area contributed by atoms with Crippen molar-refractivity contribution in [3.8, 4) is 0 Å². The van der Waals surface area contributed by atoms with Crippen LogP contribution in [0.5, 0.6) is 0 Å². The van der Waals surface area contributed by atoms with Crippen LogP contribution in [0.4, 0.5) is 5.69 Å². The largest absolute Gasteiger partial charge is 0.480 e. The summed E-state index contributed by atoms with van der Waals surface area (Å²) in [5.41, 5.74) is 3.01. The molecule has 2 N–H and O–H groups in total. The van der Waals surface area contributed by atoms with Crippen LogP contribution in [0.25, 0.3) is 21.5 Å². The zero-order chi connectivity index (χ0) is 24.2. The highest BCUT2D eigenvalue weighted by Crippen LogP contribution is 2.28. The number of nitrogens with one attached hydrogen (secondary N) is 1. The second-order valence-corrected chi connectivity index (χ2v) is 9.27. The molecule has 0 bridgehead atoms. The summed E-state index contributed by atoms with van der Waals surface area (Å²) in [6.45, 7) is 2.82. The van der Waals surface area contributed by atoms with Crippen LogP contribution >= 0.6 is 0 Å². The minimum atomic E-state index is -0.842. The Morgan fingerprint density at radius 3 is 2.43 bits per heavy atom. The van der Waals surface area contributed by atoms with Gasteiger partial charge >= 0.3 is 5.97 Å². The summed E-state index contributed by atoms with van der Waals surface area (Å²) >= 11 is 0. The number of benzene rings is 4. The third-order valence-electron chi connectivity index (χ3n) is 6.65. The highest BCUT2D eigenvalue weighted by atomic mass is 16.4. The molecule has 5 aromatic rings. The number of aromatic nitrogens is 2. The molecule has 0 aliphatic carbocycles. The predicted octanol–water partition coefficient (Wildman–Crippen LogP) is 6.10. The van der Waals surface area contributed by atoms with Crippen molar-refractivity contribution in [3.63, 3.8) is 0 Å². The summed E-state index contributed by atoms with van der Waals surface area (Å²) in [7, 11) is 0. The summed E-state index contributed by atoms with van der Waals surface area (Å²) < 4.78 is 0. The molecule has 35 heavy (non-hydrogen) atoms. The third-order valence-corrected chi connectivity index (χ3v) is 6.65. The Balaban J connectivity index is 1.48. The summed E-state index contributed by atoms with van der Waals surface area (Å²) in [5, 5.41) is 15.0. The van der Waals surface area contributed by atoms with Crippen molar-refractivity contribution in [2.24, 2.45) is 5.92 Å². The normalized spacial score (nSPS) is 13.1. The van der Waals surface area contributed by atoms with Crippen LogP contribution in [0, 0.1) is 5.92 Å². The summed E-state index contributed by atoms with van der Waals surface area (Å²) in [5.74, 6) is -0.610. The van der Waals surface area contributed by atoms with Gasteiger partial charge in [-0.2, -0.15) is 0 Å². The standard InChI is InChI=1S/C30H29N3O2/c1-21(15-25-11-6-10-23-8-4-5-12-28(23)25)19-33(29(30(34)35)17-26-18-31-20-32-26)27-14-13-22-7-2-3-9-24(22)16-27/h2-14,16,18,20-21,29H,15,17,19H2,1H3,(H,31,32)(H,34,35)/t21?,29-/m0/s1. The van der Waals surface area contributed by atoms with E-state index in [0.29, 0.717) is 13.0 Å². The Hall–Kier alpha value is -4.12. The van der Waals surface area contributed by atoms with Gasteiger partial charge < -0.3 is 15.0 Å². The van der Waals surface area contributed by atoms with Gasteiger partial charge in [0.1, 0.15) is 6.04 Å². The first-order valence-electron chi connectivity index (χ1n) is 12.0. The Labute approximate surface area is 205 Å². The fourth-order valence-corrected chi connectivity index (χ4v) is 4.95. The molecule has 1 unspecified atom stereocenters. The molecule has 0 aliphatic heterocycles. The van der Waals surface area contributed by atoms with Crippen LogP contribution in [-0.4, -0.2) is 33.6 Å². The van der Waals surface area contributed by atoms with Crippen LogP contribution in [0.3, 0.4) is 0 Å². The number of rotatable bonds is 9. The van der Waals surface area contributed by atoms with Gasteiger partial charge in [0.25, 0.3) is 0 Å². The van der Waals surface area contributed by atoms with E-state index in [1.54, 1.807) is 12.5 Å². The van der Waals surface area contributed by atoms with E-state index in [1.165, 1.54) is 16.3 Å². The Morgan fingerprint density at radius 2 is 1.66 bits per heavy atom. The van der Waals surface area contributed by atoms with E-state index in [1.807, 2.05) is 23.1 Å². The first-order chi connectivity index (χ1) is 17.1. The number of hydrogen-bond acceptors (Lipinski definition) is 3. The van der Waals surface area contributed by atoms with E-state index in [2.05, 4.69) is 83.6 Å². The fraction of sp³-hybridized carbons (Fsp3) is 0.200. The first-order valence-corrected chi connectivity index (χ1v) is 12.0. The van der Waals surface area contributed by atoms with Crippen molar-refractivity contribution in [3.05, 3.63) is 109 Å². The van der Waals surface area contributed by atoms with Crippen molar-refractivity contribution < 1.29 is 9.90 Å². The fourth-order valence-electron chi connectivity index (χ4n) is 4.95. The molecule has 1 aromatic heterocycles. The van der Waals surface area contributed by atoms with Crippen molar-refractivity contribution in [1.82, 2.24) is 9.97 Å². The average Bonchev–Trinajstić information content (AvgIpc) is 3.39. The van der Waals surface area contributed by atoms with Crippen molar-refractivity contribution in [1.29, 1.82) is 0 Å². The van der Waals surface area contributed by atoms with Gasteiger partial charge in [0.2, 0.25) is 0 Å². The molecule has 5 rings (SSSR count). The summed E-state index contributed by atoms with van der Waals surface area (Å²) in [4.78, 5) is 21.7. The van der Waals surface area contributed by atoms with Gasteiger partial charge in [-0.1, -0.05) is 79.7 Å². The number of carboxylic acid groups (broad SMARTS) is 1. The number of carbonyl (C=O) groups is 1. The predicted molar refractivity (Wildman–Crippen MR) is 142 cm³/mol. The summed E-state index contributed by atoms with van der Waals surface area (Å²) in [6.07, 6.45) is 4.51. The van der Waals surface area contributed by atoms with Gasteiger partial charge in [0.15, 0.2) is 0 Å². The minimum Gasteiger partial charge on any atom is -0.480 e. The van der Waals surface area contributed by atoms with E-state index in [0.717, 1.165) is 28.6 Å². The molecule has 4 aromatic carbocycles. The van der Waals surface area contributed by atoms with E-state index in [-0.39, 0.29) is 5.92 Å². The molecule has 0 radical (unpaired) electrons. The number of H-pyrrole nitrogens is 1. The highest BCUT2D eigenvalue weighted by Gasteiger charge is 2.28. The third kappa shape index (κ3) is 5.04. The molecular weight excluding hydrogens is 434 g/mol.